The number of aromatic nitrogens is 2. The minimum Gasteiger partial charge on any atom is -0.452 e. The number of thioether (sulfide) groups is 1. The highest BCUT2D eigenvalue weighted by molar-refractivity contribution is 8.00. The van der Waals surface area contributed by atoms with Crippen molar-refractivity contribution in [1.29, 1.82) is 0 Å². The van der Waals surface area contributed by atoms with Crippen LogP contribution in [0.3, 0.4) is 0 Å². The highest BCUT2D eigenvalue weighted by Crippen LogP contribution is 2.24. The first-order valence-electron chi connectivity index (χ1n) is 9.90. The van der Waals surface area contributed by atoms with E-state index in [2.05, 4.69) is 15.5 Å². The van der Waals surface area contributed by atoms with Crippen LogP contribution in [0.5, 0.6) is 0 Å². The van der Waals surface area contributed by atoms with E-state index in [0.29, 0.717) is 22.0 Å². The monoisotopic (exact) mass is 463 g/mol. The summed E-state index contributed by atoms with van der Waals surface area (Å²) in [6.07, 6.45) is 0. The molecule has 0 aliphatic rings. The summed E-state index contributed by atoms with van der Waals surface area (Å²) in [7, 11) is 0. The van der Waals surface area contributed by atoms with Gasteiger partial charge in [-0.15, -0.1) is 22.0 Å². The largest absolute Gasteiger partial charge is 0.452 e. The first kappa shape index (κ1) is 22.2. The second-order valence-corrected chi connectivity index (χ2v) is 7.80. The van der Waals surface area contributed by atoms with Crippen molar-refractivity contribution in [2.45, 2.75) is 11.5 Å². The maximum absolute atomic E-state index is 13.0. The van der Waals surface area contributed by atoms with E-state index in [0.717, 1.165) is 5.56 Å². The highest BCUT2D eigenvalue weighted by atomic mass is 32.2. The number of carbonyl (C=O) groups is 2. The third kappa shape index (κ3) is 6.05. The van der Waals surface area contributed by atoms with Crippen LogP contribution in [-0.2, 0) is 16.1 Å². The fourth-order valence-corrected chi connectivity index (χ4v) is 3.69. The van der Waals surface area contributed by atoms with E-state index in [1.165, 1.54) is 36.0 Å². The van der Waals surface area contributed by atoms with Crippen molar-refractivity contribution in [3.05, 3.63) is 96.1 Å². The molecule has 0 spiro atoms. The van der Waals surface area contributed by atoms with E-state index in [4.69, 9.17) is 9.15 Å². The second kappa shape index (κ2) is 10.6. The topological polar surface area (TPSA) is 94.3 Å². The Labute approximate surface area is 193 Å². The van der Waals surface area contributed by atoms with Crippen molar-refractivity contribution in [2.75, 3.05) is 11.1 Å². The Morgan fingerprint density at radius 1 is 0.939 bits per heavy atom. The van der Waals surface area contributed by atoms with E-state index in [-0.39, 0.29) is 30.0 Å². The molecule has 0 saturated carbocycles. The van der Waals surface area contributed by atoms with Gasteiger partial charge >= 0.3 is 5.97 Å². The van der Waals surface area contributed by atoms with Crippen LogP contribution in [0, 0.1) is 5.82 Å². The van der Waals surface area contributed by atoms with E-state index in [1.807, 2.05) is 30.3 Å². The van der Waals surface area contributed by atoms with Gasteiger partial charge in [-0.2, -0.15) is 0 Å². The first-order chi connectivity index (χ1) is 16.1. The molecule has 0 saturated heterocycles. The average molecular weight is 463 g/mol. The maximum Gasteiger partial charge on any atom is 0.339 e. The number of hydrogen-bond donors (Lipinski definition) is 1. The number of halogens is 1. The lowest BCUT2D eigenvalue weighted by Crippen LogP contribution is -2.14. The van der Waals surface area contributed by atoms with Crippen molar-refractivity contribution in [3.8, 4) is 11.5 Å². The number of benzene rings is 3. The van der Waals surface area contributed by atoms with Crippen molar-refractivity contribution >= 4 is 29.3 Å². The quantitative estimate of drug-likeness (QED) is 0.291. The third-order valence-corrected chi connectivity index (χ3v) is 5.48. The van der Waals surface area contributed by atoms with Gasteiger partial charge in [0.1, 0.15) is 5.82 Å². The summed E-state index contributed by atoms with van der Waals surface area (Å²) in [5, 5.41) is 10.6. The van der Waals surface area contributed by atoms with Gasteiger partial charge in [-0.3, -0.25) is 4.79 Å². The average Bonchev–Trinajstić information content (AvgIpc) is 3.33. The van der Waals surface area contributed by atoms with Gasteiger partial charge in [0.05, 0.1) is 11.3 Å². The molecule has 1 aromatic heterocycles. The molecule has 0 aliphatic heterocycles. The smallest absolute Gasteiger partial charge is 0.339 e. The Morgan fingerprint density at radius 3 is 2.45 bits per heavy atom. The zero-order chi connectivity index (χ0) is 23.0. The van der Waals surface area contributed by atoms with Crippen molar-refractivity contribution in [3.63, 3.8) is 0 Å². The van der Waals surface area contributed by atoms with Crippen LogP contribution >= 0.6 is 11.8 Å². The lowest BCUT2D eigenvalue weighted by molar-refractivity contribution is -0.113. The molecule has 1 N–H and O–H groups in total. The minimum atomic E-state index is -0.573. The predicted octanol–water partition coefficient (Wildman–Crippen LogP) is 4.96. The summed E-state index contributed by atoms with van der Waals surface area (Å²) >= 11 is 1.19. The van der Waals surface area contributed by atoms with Crippen LogP contribution in [0.4, 0.5) is 10.1 Å². The second-order valence-electron chi connectivity index (χ2n) is 6.78. The Hall–Kier alpha value is -3.98. The molecule has 0 aliphatic carbocycles. The van der Waals surface area contributed by atoms with E-state index < -0.39 is 5.97 Å². The molecule has 4 rings (SSSR count). The van der Waals surface area contributed by atoms with E-state index in [9.17, 15) is 14.0 Å². The fourth-order valence-electron chi connectivity index (χ4n) is 2.85. The summed E-state index contributed by atoms with van der Waals surface area (Å²) in [5.41, 5.74) is 1.58. The molecule has 0 fully saturated rings. The minimum absolute atomic E-state index is 0.0613. The number of esters is 1. The molecular formula is C24H18FN3O4S. The fraction of sp³-hybridized carbons (Fsp3) is 0.0833. The molecular weight excluding hydrogens is 445 g/mol. The Bertz CT molecular complexity index is 1250. The van der Waals surface area contributed by atoms with Gasteiger partial charge < -0.3 is 14.5 Å². The van der Waals surface area contributed by atoms with Gasteiger partial charge in [0.2, 0.25) is 11.8 Å². The number of rotatable bonds is 8. The standard InChI is InChI=1S/C24H18FN3O4S/c25-17-10-12-18(13-11-17)26-21(29)15-33-20-9-5-4-8-19(20)24(30)31-14-22-27-28-23(32-22)16-6-2-1-3-7-16/h1-13H,14-15H2,(H,26,29). The number of nitrogens with one attached hydrogen (secondary N) is 1. The molecule has 1 heterocycles. The third-order valence-electron chi connectivity index (χ3n) is 4.41. The molecule has 3 aromatic carbocycles. The van der Waals surface area contributed by atoms with Crippen molar-refractivity contribution in [1.82, 2.24) is 10.2 Å². The summed E-state index contributed by atoms with van der Waals surface area (Å²) in [6.45, 7) is -0.178. The maximum atomic E-state index is 13.0. The predicted molar refractivity (Wildman–Crippen MR) is 121 cm³/mol. The number of amides is 1. The van der Waals surface area contributed by atoms with Gasteiger partial charge in [-0.05, 0) is 48.5 Å². The molecule has 7 nitrogen and oxygen atoms in total. The van der Waals surface area contributed by atoms with Crippen LogP contribution in [0.1, 0.15) is 16.2 Å². The highest BCUT2D eigenvalue weighted by Gasteiger charge is 2.16. The van der Waals surface area contributed by atoms with Gasteiger partial charge in [0, 0.05) is 16.1 Å². The molecule has 9 heteroatoms. The molecule has 4 aromatic rings. The molecule has 0 bridgehead atoms. The van der Waals surface area contributed by atoms with Crippen LogP contribution in [0.15, 0.2) is 88.2 Å². The van der Waals surface area contributed by atoms with Crippen molar-refractivity contribution < 1.29 is 23.1 Å². The van der Waals surface area contributed by atoms with Gasteiger partial charge in [0.25, 0.3) is 5.89 Å². The lowest BCUT2D eigenvalue weighted by Gasteiger charge is -2.09. The zero-order valence-corrected chi connectivity index (χ0v) is 18.0. The molecule has 166 valence electrons. The summed E-state index contributed by atoms with van der Waals surface area (Å²) in [6, 6.07) is 21.6. The number of hydrogen-bond acceptors (Lipinski definition) is 7. The number of ether oxygens (including phenoxy) is 1. The van der Waals surface area contributed by atoms with Crippen LogP contribution < -0.4 is 5.32 Å². The van der Waals surface area contributed by atoms with Gasteiger partial charge in [-0.25, -0.2) is 9.18 Å². The molecule has 0 radical (unpaired) electrons. The van der Waals surface area contributed by atoms with Crippen LogP contribution in [-0.4, -0.2) is 27.8 Å². The Balaban J connectivity index is 1.34. The SMILES string of the molecule is O=C(CSc1ccccc1C(=O)OCc1nnc(-c2ccccc2)o1)Nc1ccc(F)cc1. The number of carbonyl (C=O) groups excluding carboxylic acids is 2. The lowest BCUT2D eigenvalue weighted by atomic mass is 10.2. The Morgan fingerprint density at radius 2 is 1.67 bits per heavy atom. The van der Waals surface area contributed by atoms with Crippen molar-refractivity contribution in [2.24, 2.45) is 0 Å². The number of nitrogens with zero attached hydrogens (tertiary/aromatic N) is 2. The molecule has 33 heavy (non-hydrogen) atoms. The van der Waals surface area contributed by atoms with Gasteiger partial charge in [-0.1, -0.05) is 30.3 Å². The molecule has 1 amide bonds. The summed E-state index contributed by atoms with van der Waals surface area (Å²) in [5.74, 6) is -0.667. The normalized spacial score (nSPS) is 10.6. The summed E-state index contributed by atoms with van der Waals surface area (Å²) < 4.78 is 23.9. The Kier molecular flexibility index (Phi) is 7.11. The van der Waals surface area contributed by atoms with Crippen LogP contribution in [0.2, 0.25) is 0 Å². The zero-order valence-electron chi connectivity index (χ0n) is 17.2. The molecule has 0 unspecified atom stereocenters. The van der Waals surface area contributed by atoms with E-state index in [1.54, 1.807) is 24.3 Å². The van der Waals surface area contributed by atoms with E-state index >= 15 is 0 Å². The number of anilines is 1. The van der Waals surface area contributed by atoms with Gasteiger partial charge in [0.15, 0.2) is 6.61 Å². The molecule has 0 atom stereocenters. The summed E-state index contributed by atoms with van der Waals surface area (Å²) in [4.78, 5) is 25.4. The first-order valence-corrected chi connectivity index (χ1v) is 10.9. The van der Waals surface area contributed by atoms with Crippen LogP contribution in [0.25, 0.3) is 11.5 Å².